The van der Waals surface area contributed by atoms with Crippen molar-refractivity contribution in [3.63, 3.8) is 0 Å². The molecule has 0 aliphatic carbocycles. The molecule has 1 atom stereocenters. The number of piperazine rings is 1. The van der Waals surface area contributed by atoms with Crippen molar-refractivity contribution in [2.45, 2.75) is 13.0 Å². The summed E-state index contributed by atoms with van der Waals surface area (Å²) in [5, 5.41) is 0. The van der Waals surface area contributed by atoms with Crippen molar-refractivity contribution >= 4 is 21.8 Å². The molecule has 17 heavy (non-hydrogen) atoms. The SMILES string of the molecule is CC1CN(C)CCN1C(=O)c1ccc(Br)cc1. The van der Waals surface area contributed by atoms with E-state index in [-0.39, 0.29) is 11.9 Å². The Balaban J connectivity index is 2.12. The van der Waals surface area contributed by atoms with Gasteiger partial charge in [-0.05, 0) is 38.2 Å². The Hall–Kier alpha value is -0.870. The predicted molar refractivity (Wildman–Crippen MR) is 72.1 cm³/mol. The minimum atomic E-state index is 0.137. The average molecular weight is 297 g/mol. The van der Waals surface area contributed by atoms with E-state index in [4.69, 9.17) is 0 Å². The van der Waals surface area contributed by atoms with Crippen LogP contribution in [-0.4, -0.2) is 48.4 Å². The van der Waals surface area contributed by atoms with Gasteiger partial charge in [0.25, 0.3) is 5.91 Å². The number of hydrogen-bond donors (Lipinski definition) is 0. The monoisotopic (exact) mass is 296 g/mol. The smallest absolute Gasteiger partial charge is 0.254 e. The molecule has 1 aliphatic rings. The third-order valence-electron chi connectivity index (χ3n) is 3.18. The van der Waals surface area contributed by atoms with Crippen LogP contribution in [0.2, 0.25) is 0 Å². The Kier molecular flexibility index (Phi) is 3.84. The largest absolute Gasteiger partial charge is 0.333 e. The number of halogens is 1. The van der Waals surface area contributed by atoms with Crippen LogP contribution in [0.1, 0.15) is 17.3 Å². The summed E-state index contributed by atoms with van der Waals surface area (Å²) in [5.41, 5.74) is 0.768. The quantitative estimate of drug-likeness (QED) is 0.793. The summed E-state index contributed by atoms with van der Waals surface area (Å²) in [6.07, 6.45) is 0. The second-order valence-corrected chi connectivity index (χ2v) is 5.53. The molecule has 0 saturated carbocycles. The predicted octanol–water partition coefficient (Wildman–Crippen LogP) is 2.23. The molecule has 1 saturated heterocycles. The Bertz CT molecular complexity index is 404. The van der Waals surface area contributed by atoms with E-state index >= 15 is 0 Å². The summed E-state index contributed by atoms with van der Waals surface area (Å²) in [7, 11) is 2.10. The van der Waals surface area contributed by atoms with Crippen molar-refractivity contribution in [3.05, 3.63) is 34.3 Å². The molecule has 0 radical (unpaired) electrons. The van der Waals surface area contributed by atoms with Gasteiger partial charge in [0.1, 0.15) is 0 Å². The van der Waals surface area contributed by atoms with Gasteiger partial charge in [0.2, 0.25) is 0 Å². The maximum Gasteiger partial charge on any atom is 0.254 e. The van der Waals surface area contributed by atoms with Crippen molar-refractivity contribution in [2.75, 3.05) is 26.7 Å². The van der Waals surface area contributed by atoms with Crippen LogP contribution in [-0.2, 0) is 0 Å². The fourth-order valence-corrected chi connectivity index (χ4v) is 2.46. The molecular formula is C13H17BrN2O. The first kappa shape index (κ1) is 12.6. The number of amides is 1. The first-order chi connectivity index (χ1) is 8.08. The van der Waals surface area contributed by atoms with Crippen molar-refractivity contribution in [1.82, 2.24) is 9.80 Å². The molecule has 92 valence electrons. The number of likely N-dealkylation sites (N-methyl/N-ethyl adjacent to an activating group) is 1. The molecule has 1 unspecified atom stereocenters. The molecule has 4 heteroatoms. The molecule has 1 aromatic carbocycles. The highest BCUT2D eigenvalue weighted by Crippen LogP contribution is 2.15. The lowest BCUT2D eigenvalue weighted by molar-refractivity contribution is 0.0533. The molecule has 1 fully saturated rings. The van der Waals surface area contributed by atoms with E-state index in [0.29, 0.717) is 0 Å². The topological polar surface area (TPSA) is 23.6 Å². The van der Waals surface area contributed by atoms with Crippen molar-refractivity contribution in [3.8, 4) is 0 Å². The molecule has 1 aromatic rings. The summed E-state index contributed by atoms with van der Waals surface area (Å²) in [5.74, 6) is 0.137. The summed E-state index contributed by atoms with van der Waals surface area (Å²) in [6.45, 7) is 4.81. The van der Waals surface area contributed by atoms with E-state index in [1.165, 1.54) is 0 Å². The summed E-state index contributed by atoms with van der Waals surface area (Å²) >= 11 is 3.38. The molecule has 3 nitrogen and oxygen atoms in total. The minimum absolute atomic E-state index is 0.137. The van der Waals surface area contributed by atoms with Gasteiger partial charge in [0, 0.05) is 35.7 Å². The molecular weight excluding hydrogens is 280 g/mol. The van der Waals surface area contributed by atoms with Crippen LogP contribution in [0.5, 0.6) is 0 Å². The number of benzene rings is 1. The highest BCUT2D eigenvalue weighted by Gasteiger charge is 2.26. The van der Waals surface area contributed by atoms with Crippen molar-refractivity contribution < 1.29 is 4.79 Å². The van der Waals surface area contributed by atoms with Gasteiger partial charge in [-0.2, -0.15) is 0 Å². The zero-order valence-electron chi connectivity index (χ0n) is 10.2. The third-order valence-corrected chi connectivity index (χ3v) is 3.71. The molecule has 2 rings (SSSR count). The second kappa shape index (κ2) is 5.19. The third kappa shape index (κ3) is 2.87. The fraction of sp³-hybridized carbons (Fsp3) is 0.462. The lowest BCUT2D eigenvalue weighted by Crippen LogP contribution is -2.52. The first-order valence-corrected chi connectivity index (χ1v) is 6.62. The van der Waals surface area contributed by atoms with E-state index in [0.717, 1.165) is 29.7 Å². The van der Waals surface area contributed by atoms with E-state index in [9.17, 15) is 4.79 Å². The van der Waals surface area contributed by atoms with E-state index < -0.39 is 0 Å². The van der Waals surface area contributed by atoms with Crippen LogP contribution < -0.4 is 0 Å². The zero-order chi connectivity index (χ0) is 12.4. The van der Waals surface area contributed by atoms with Crippen LogP contribution in [0.3, 0.4) is 0 Å². The molecule has 0 spiro atoms. The van der Waals surface area contributed by atoms with E-state index in [1.807, 2.05) is 29.2 Å². The Morgan fingerprint density at radius 1 is 1.29 bits per heavy atom. The highest BCUT2D eigenvalue weighted by molar-refractivity contribution is 9.10. The number of hydrogen-bond acceptors (Lipinski definition) is 2. The van der Waals surface area contributed by atoms with E-state index in [1.54, 1.807) is 0 Å². The van der Waals surface area contributed by atoms with Gasteiger partial charge >= 0.3 is 0 Å². The Morgan fingerprint density at radius 2 is 1.94 bits per heavy atom. The molecule has 0 aromatic heterocycles. The molecule has 1 amide bonds. The van der Waals surface area contributed by atoms with Crippen LogP contribution in [0, 0.1) is 0 Å². The summed E-state index contributed by atoms with van der Waals surface area (Å²) < 4.78 is 1.00. The van der Waals surface area contributed by atoms with Gasteiger partial charge in [-0.1, -0.05) is 15.9 Å². The maximum atomic E-state index is 12.3. The van der Waals surface area contributed by atoms with Gasteiger partial charge in [-0.3, -0.25) is 4.79 Å². The fourth-order valence-electron chi connectivity index (χ4n) is 2.20. The average Bonchev–Trinajstić information content (AvgIpc) is 2.29. The van der Waals surface area contributed by atoms with Gasteiger partial charge in [-0.15, -0.1) is 0 Å². The van der Waals surface area contributed by atoms with Gasteiger partial charge in [-0.25, -0.2) is 0 Å². The minimum Gasteiger partial charge on any atom is -0.333 e. The lowest BCUT2D eigenvalue weighted by Gasteiger charge is -2.38. The molecule has 0 N–H and O–H groups in total. The Morgan fingerprint density at radius 3 is 2.53 bits per heavy atom. The van der Waals surface area contributed by atoms with Crippen molar-refractivity contribution in [2.24, 2.45) is 0 Å². The standard InChI is InChI=1S/C13H17BrN2O/c1-10-9-15(2)7-8-16(10)13(17)11-3-5-12(14)6-4-11/h3-6,10H,7-9H2,1-2H3. The number of carbonyl (C=O) groups excluding carboxylic acids is 1. The van der Waals surface area contributed by atoms with E-state index in [2.05, 4.69) is 34.8 Å². The summed E-state index contributed by atoms with van der Waals surface area (Å²) in [4.78, 5) is 16.5. The van der Waals surface area contributed by atoms with Crippen LogP contribution in [0.4, 0.5) is 0 Å². The van der Waals surface area contributed by atoms with Crippen molar-refractivity contribution in [1.29, 1.82) is 0 Å². The summed E-state index contributed by atoms with van der Waals surface area (Å²) in [6, 6.07) is 7.85. The molecule has 0 bridgehead atoms. The van der Waals surface area contributed by atoms with Crippen LogP contribution >= 0.6 is 15.9 Å². The maximum absolute atomic E-state index is 12.3. The molecule has 1 aliphatic heterocycles. The molecule has 1 heterocycles. The first-order valence-electron chi connectivity index (χ1n) is 5.83. The zero-order valence-corrected chi connectivity index (χ0v) is 11.8. The normalized spacial score (nSPS) is 21.6. The number of rotatable bonds is 1. The number of carbonyl (C=O) groups is 1. The number of nitrogens with zero attached hydrogens (tertiary/aromatic N) is 2. The van der Waals surface area contributed by atoms with Gasteiger partial charge < -0.3 is 9.80 Å². The van der Waals surface area contributed by atoms with Gasteiger partial charge in [0.15, 0.2) is 0 Å². The Labute approximate surface area is 111 Å². The van der Waals surface area contributed by atoms with Crippen LogP contribution in [0.25, 0.3) is 0 Å². The lowest BCUT2D eigenvalue weighted by atomic mass is 10.1. The second-order valence-electron chi connectivity index (χ2n) is 4.62. The van der Waals surface area contributed by atoms with Gasteiger partial charge in [0.05, 0.1) is 0 Å². The highest BCUT2D eigenvalue weighted by atomic mass is 79.9. The van der Waals surface area contributed by atoms with Crippen LogP contribution in [0.15, 0.2) is 28.7 Å².